The number of carbonyl (C=O) groups excluding carboxylic acids is 2. The second kappa shape index (κ2) is 10.1. The highest BCUT2D eigenvalue weighted by Gasteiger charge is 2.58. The van der Waals surface area contributed by atoms with Gasteiger partial charge in [-0.2, -0.15) is 4.98 Å². The Morgan fingerprint density at radius 2 is 1.92 bits per heavy atom. The van der Waals surface area contributed by atoms with Gasteiger partial charge in [0, 0.05) is 36.1 Å². The lowest BCUT2D eigenvalue weighted by Gasteiger charge is -2.59. The van der Waals surface area contributed by atoms with Crippen molar-refractivity contribution in [2.24, 2.45) is 23.2 Å². The number of aromatic nitrogens is 2. The molecule has 202 valence electrons. The molecule has 5 saturated carbocycles. The molecule has 0 spiro atoms. The maximum atomic E-state index is 13.2. The van der Waals surface area contributed by atoms with Crippen LogP contribution in [-0.2, 0) is 16.1 Å². The molecule has 0 saturated heterocycles. The predicted molar refractivity (Wildman–Crippen MR) is 145 cm³/mol. The van der Waals surface area contributed by atoms with Gasteiger partial charge < -0.3 is 26.0 Å². The highest BCUT2D eigenvalue weighted by atomic mass is 16.5. The molecule has 0 aliphatic heterocycles. The molecule has 5 fully saturated rings. The Morgan fingerprint density at radius 3 is 2.66 bits per heavy atom. The van der Waals surface area contributed by atoms with Crippen LogP contribution in [0.3, 0.4) is 0 Å². The average molecular weight is 519 g/mol. The zero-order valence-corrected chi connectivity index (χ0v) is 22.3. The smallest absolute Gasteiger partial charge is 0.407 e. The number of nitrogens with zero attached hydrogens (tertiary/aromatic N) is 2. The largest absolute Gasteiger partial charge is 0.450 e. The summed E-state index contributed by atoms with van der Waals surface area (Å²) in [5, 5.41) is 13.2. The van der Waals surface area contributed by atoms with Crippen molar-refractivity contribution in [3.63, 3.8) is 0 Å². The SMILES string of the molecule is CCOC(=O)NCc1cccc(Nc2ncc(C)c(N[C@H]3C4CC5CC3C[C@@](C(=O)NC3CC3)(C5)C4)n2)c1. The van der Waals surface area contributed by atoms with Crippen molar-refractivity contribution in [3.8, 4) is 0 Å². The van der Waals surface area contributed by atoms with Gasteiger partial charge in [-0.3, -0.25) is 4.79 Å². The minimum atomic E-state index is -0.428. The zero-order valence-electron chi connectivity index (χ0n) is 22.3. The van der Waals surface area contributed by atoms with E-state index in [-0.39, 0.29) is 5.41 Å². The molecule has 5 aliphatic rings. The molecule has 9 heteroatoms. The van der Waals surface area contributed by atoms with Crippen molar-refractivity contribution >= 4 is 29.5 Å². The number of anilines is 3. The van der Waals surface area contributed by atoms with Crippen LogP contribution in [0.25, 0.3) is 0 Å². The first-order chi connectivity index (χ1) is 18.4. The van der Waals surface area contributed by atoms with Crippen molar-refractivity contribution in [2.45, 2.75) is 77.4 Å². The number of hydrogen-bond donors (Lipinski definition) is 4. The summed E-state index contributed by atoms with van der Waals surface area (Å²) >= 11 is 0. The normalized spacial score (nSPS) is 29.0. The van der Waals surface area contributed by atoms with Gasteiger partial charge in [-0.15, -0.1) is 0 Å². The molecule has 9 nitrogen and oxygen atoms in total. The fourth-order valence-corrected chi connectivity index (χ4v) is 7.15. The molecule has 4 bridgehead atoms. The Balaban J connectivity index is 1.12. The fourth-order valence-electron chi connectivity index (χ4n) is 7.15. The number of benzene rings is 1. The Labute approximate surface area is 223 Å². The predicted octanol–water partition coefficient (Wildman–Crippen LogP) is 4.66. The molecular weight excluding hydrogens is 480 g/mol. The third-order valence-corrected chi connectivity index (χ3v) is 8.84. The molecule has 1 aromatic heterocycles. The van der Waals surface area contributed by atoms with Gasteiger partial charge >= 0.3 is 6.09 Å². The van der Waals surface area contributed by atoms with Crippen LogP contribution in [0.15, 0.2) is 30.5 Å². The van der Waals surface area contributed by atoms with Crippen LogP contribution in [0.1, 0.15) is 63.0 Å². The van der Waals surface area contributed by atoms with Crippen molar-refractivity contribution in [1.82, 2.24) is 20.6 Å². The van der Waals surface area contributed by atoms with E-state index in [1.807, 2.05) is 37.4 Å². The topological polar surface area (TPSA) is 117 Å². The van der Waals surface area contributed by atoms with Gasteiger partial charge in [0.2, 0.25) is 11.9 Å². The second-order valence-electron chi connectivity index (χ2n) is 11.8. The van der Waals surface area contributed by atoms with E-state index < -0.39 is 6.09 Å². The first-order valence-electron chi connectivity index (χ1n) is 14.1. The molecule has 2 unspecified atom stereocenters. The highest BCUT2D eigenvalue weighted by molar-refractivity contribution is 5.84. The van der Waals surface area contributed by atoms with Crippen LogP contribution in [0.4, 0.5) is 22.2 Å². The number of ether oxygens (including phenoxy) is 1. The second-order valence-corrected chi connectivity index (χ2v) is 11.8. The van der Waals surface area contributed by atoms with E-state index in [1.54, 1.807) is 6.92 Å². The zero-order chi connectivity index (χ0) is 26.3. The molecule has 0 radical (unpaired) electrons. The summed E-state index contributed by atoms with van der Waals surface area (Å²) in [5.74, 6) is 3.38. The number of hydrogen-bond acceptors (Lipinski definition) is 7. The maximum absolute atomic E-state index is 13.2. The first kappa shape index (κ1) is 24.9. The summed E-state index contributed by atoms with van der Waals surface area (Å²) in [6.07, 6.45) is 9.15. The van der Waals surface area contributed by atoms with Crippen molar-refractivity contribution < 1.29 is 14.3 Å². The van der Waals surface area contributed by atoms with E-state index in [9.17, 15) is 9.59 Å². The minimum absolute atomic E-state index is 0.155. The van der Waals surface area contributed by atoms with Gasteiger partial charge in [-0.25, -0.2) is 9.78 Å². The minimum Gasteiger partial charge on any atom is -0.450 e. The van der Waals surface area contributed by atoms with Crippen LogP contribution < -0.4 is 21.3 Å². The Hall–Kier alpha value is -3.36. The monoisotopic (exact) mass is 518 g/mol. The molecule has 2 aromatic rings. The molecule has 1 aromatic carbocycles. The maximum Gasteiger partial charge on any atom is 0.407 e. The third kappa shape index (κ3) is 5.15. The van der Waals surface area contributed by atoms with Gasteiger partial charge in [0.25, 0.3) is 0 Å². The van der Waals surface area contributed by atoms with E-state index in [2.05, 4.69) is 26.3 Å². The molecule has 4 N–H and O–H groups in total. The summed E-state index contributed by atoms with van der Waals surface area (Å²) in [7, 11) is 0. The van der Waals surface area contributed by atoms with Gasteiger partial charge in [0.05, 0.1) is 12.0 Å². The van der Waals surface area contributed by atoms with Crippen molar-refractivity contribution in [3.05, 3.63) is 41.6 Å². The number of amides is 2. The number of aryl methyl sites for hydroxylation is 1. The van der Waals surface area contributed by atoms with Crippen LogP contribution in [0.5, 0.6) is 0 Å². The van der Waals surface area contributed by atoms with Crippen molar-refractivity contribution in [1.29, 1.82) is 0 Å². The molecule has 2 atom stereocenters. The summed E-state index contributed by atoms with van der Waals surface area (Å²) in [6, 6.07) is 8.56. The van der Waals surface area contributed by atoms with Gasteiger partial charge in [0.1, 0.15) is 5.82 Å². The number of nitrogens with one attached hydrogen (secondary N) is 4. The van der Waals surface area contributed by atoms with Gasteiger partial charge in [-0.05, 0) is 94.2 Å². The van der Waals surface area contributed by atoms with Crippen molar-refractivity contribution in [2.75, 3.05) is 17.2 Å². The summed E-state index contributed by atoms with van der Waals surface area (Å²) in [4.78, 5) is 34.2. The Morgan fingerprint density at radius 1 is 1.13 bits per heavy atom. The number of rotatable bonds is 9. The Bertz CT molecular complexity index is 1200. The van der Waals surface area contributed by atoms with Crippen LogP contribution in [0.2, 0.25) is 0 Å². The summed E-state index contributed by atoms with van der Waals surface area (Å²) < 4.78 is 4.93. The fraction of sp³-hybridized carbons (Fsp3) is 0.586. The lowest BCUT2D eigenvalue weighted by atomic mass is 9.47. The first-order valence-corrected chi connectivity index (χ1v) is 14.1. The third-order valence-electron chi connectivity index (χ3n) is 8.84. The van der Waals surface area contributed by atoms with Crippen LogP contribution >= 0.6 is 0 Å². The quantitative estimate of drug-likeness (QED) is 0.381. The van der Waals surface area contributed by atoms with Gasteiger partial charge in [0.15, 0.2) is 0 Å². The molecular formula is C29H38N6O3. The molecule has 38 heavy (non-hydrogen) atoms. The standard InChI is InChI=1S/C29H38N6O3/c1-3-38-28(37)31-16-18-5-4-6-23(11-18)33-27-30-15-17(2)25(35-27)34-24-20-9-19-10-21(24)14-29(12-19,13-20)26(36)32-22-7-8-22/h4-6,11,15,19-22,24H,3,7-10,12-14,16H2,1-2H3,(H,31,37)(H,32,36)(H2,30,33,34,35)/t19?,20?,21?,24-,29+. The Kier molecular flexibility index (Phi) is 6.61. The van der Waals surface area contributed by atoms with E-state index in [4.69, 9.17) is 9.72 Å². The summed E-state index contributed by atoms with van der Waals surface area (Å²) in [5.41, 5.74) is 2.65. The van der Waals surface area contributed by atoms with Crippen LogP contribution in [-0.4, -0.2) is 40.7 Å². The lowest BCUT2D eigenvalue weighted by Crippen LogP contribution is -2.60. The molecule has 7 rings (SSSR count). The van der Waals surface area contributed by atoms with E-state index in [0.717, 1.165) is 54.7 Å². The van der Waals surface area contributed by atoms with E-state index >= 15 is 0 Å². The molecule has 5 aliphatic carbocycles. The number of alkyl carbamates (subject to hydrolysis) is 1. The molecule has 2 amide bonds. The molecule has 1 heterocycles. The average Bonchev–Trinajstić information content (AvgIpc) is 3.71. The highest BCUT2D eigenvalue weighted by Crippen LogP contribution is 2.60. The lowest BCUT2D eigenvalue weighted by molar-refractivity contribution is -0.147. The van der Waals surface area contributed by atoms with Crippen LogP contribution in [0, 0.1) is 30.1 Å². The summed E-state index contributed by atoms with van der Waals surface area (Å²) in [6.45, 7) is 4.53. The number of carbonyl (C=O) groups is 2. The van der Waals surface area contributed by atoms with Gasteiger partial charge in [-0.1, -0.05) is 12.1 Å². The van der Waals surface area contributed by atoms with E-state index in [1.165, 1.54) is 12.8 Å². The van der Waals surface area contributed by atoms with E-state index in [0.29, 0.717) is 54.8 Å².